The van der Waals surface area contributed by atoms with E-state index in [4.69, 9.17) is 44.3 Å². The molecular formula is C32H23Cl3N6O6S2. The smallest absolute Gasteiger partial charge is 0.338 e. The lowest BCUT2D eigenvalue weighted by atomic mass is 9.95. The van der Waals surface area contributed by atoms with Crippen molar-refractivity contribution in [1.29, 1.82) is 0 Å². The van der Waals surface area contributed by atoms with E-state index < -0.39 is 22.5 Å². The molecule has 1 atom stereocenters. The fourth-order valence-electron chi connectivity index (χ4n) is 5.20. The molecule has 0 aliphatic carbocycles. The second-order valence-electron chi connectivity index (χ2n) is 10.4. The molecule has 0 amide bonds. The standard InChI is InChI=1S/C32H23Cl3N6O6S2/c1-4-47-30(43)26-15(2)36-32-40(27(26)20-13-17(33)7-9-23(20)46-3)29(42)25(49-32)12-16-5-10-24(22(11-16)41(44)45)48-31-37-28(38-39-31)19-8-6-18(34)14-21(19)35/h5-14,27H,4H2,1-3H3,(H,37,38,39)/b25-12-/t27-/m1/s1. The maximum Gasteiger partial charge on any atom is 0.338 e. The van der Waals surface area contributed by atoms with E-state index in [1.54, 1.807) is 62.4 Å². The Hall–Kier alpha value is -4.47. The first-order valence-electron chi connectivity index (χ1n) is 14.4. The van der Waals surface area contributed by atoms with E-state index in [9.17, 15) is 19.7 Å². The van der Waals surface area contributed by atoms with Crippen LogP contribution in [0.25, 0.3) is 17.5 Å². The Balaban J connectivity index is 1.40. The Morgan fingerprint density at radius 3 is 2.61 bits per heavy atom. The highest BCUT2D eigenvalue weighted by Crippen LogP contribution is 2.38. The number of ether oxygens (including phenoxy) is 2. The van der Waals surface area contributed by atoms with Crippen molar-refractivity contribution in [3.63, 3.8) is 0 Å². The summed E-state index contributed by atoms with van der Waals surface area (Å²) in [5.74, 6) is 0.136. The van der Waals surface area contributed by atoms with Crippen LogP contribution in [0.4, 0.5) is 5.69 Å². The van der Waals surface area contributed by atoms with E-state index in [-0.39, 0.29) is 32.5 Å². The molecule has 49 heavy (non-hydrogen) atoms. The molecule has 1 aliphatic rings. The van der Waals surface area contributed by atoms with Gasteiger partial charge < -0.3 is 9.47 Å². The van der Waals surface area contributed by atoms with Crippen LogP contribution in [0, 0.1) is 10.1 Å². The Morgan fingerprint density at radius 2 is 1.90 bits per heavy atom. The number of nitrogens with zero attached hydrogens (tertiary/aromatic N) is 5. The predicted molar refractivity (Wildman–Crippen MR) is 187 cm³/mol. The maximum absolute atomic E-state index is 14.1. The highest BCUT2D eigenvalue weighted by Gasteiger charge is 2.35. The van der Waals surface area contributed by atoms with Gasteiger partial charge in [0, 0.05) is 27.2 Å². The van der Waals surface area contributed by atoms with Gasteiger partial charge in [0.2, 0.25) is 5.16 Å². The molecule has 6 rings (SSSR count). The van der Waals surface area contributed by atoms with Gasteiger partial charge in [0.05, 0.1) is 44.4 Å². The monoisotopic (exact) mass is 756 g/mol. The molecule has 0 saturated heterocycles. The van der Waals surface area contributed by atoms with Crippen LogP contribution in [0.3, 0.4) is 0 Å². The van der Waals surface area contributed by atoms with E-state index in [1.165, 1.54) is 23.8 Å². The van der Waals surface area contributed by atoms with Crippen LogP contribution in [0.5, 0.6) is 5.75 Å². The van der Waals surface area contributed by atoms with Crippen LogP contribution in [0.2, 0.25) is 15.1 Å². The minimum atomic E-state index is -0.965. The summed E-state index contributed by atoms with van der Waals surface area (Å²) in [6, 6.07) is 13.4. The normalized spacial score (nSPS) is 14.4. The van der Waals surface area contributed by atoms with Gasteiger partial charge in [-0.25, -0.2) is 14.8 Å². The number of halogens is 3. The summed E-state index contributed by atoms with van der Waals surface area (Å²) in [5, 5.41) is 20.6. The third-order valence-corrected chi connectivity index (χ3v) is 10.0. The number of hydrogen-bond acceptors (Lipinski definition) is 11. The number of methoxy groups -OCH3 is 1. The van der Waals surface area contributed by atoms with E-state index >= 15 is 0 Å². The van der Waals surface area contributed by atoms with Gasteiger partial charge in [0.1, 0.15) is 11.8 Å². The van der Waals surface area contributed by atoms with Crippen LogP contribution >= 0.6 is 57.9 Å². The molecule has 0 unspecified atom stereocenters. The number of nitrogens with one attached hydrogen (secondary N) is 1. The minimum Gasteiger partial charge on any atom is -0.496 e. The third kappa shape index (κ3) is 6.87. The highest BCUT2D eigenvalue weighted by atomic mass is 35.5. The fraction of sp³-hybridized carbons (Fsp3) is 0.156. The molecule has 17 heteroatoms. The molecule has 1 aliphatic heterocycles. The lowest BCUT2D eigenvalue weighted by molar-refractivity contribution is -0.387. The maximum atomic E-state index is 14.1. The van der Waals surface area contributed by atoms with Crippen LogP contribution in [0.15, 0.2) is 85.7 Å². The number of H-pyrrole nitrogens is 1. The Kier molecular flexibility index (Phi) is 9.95. The molecule has 0 spiro atoms. The number of hydrogen-bond donors (Lipinski definition) is 1. The van der Waals surface area contributed by atoms with Gasteiger partial charge >= 0.3 is 5.97 Å². The number of esters is 1. The van der Waals surface area contributed by atoms with Crippen LogP contribution in [0.1, 0.15) is 31.0 Å². The molecule has 0 fully saturated rings. The van der Waals surface area contributed by atoms with Crippen molar-refractivity contribution in [1.82, 2.24) is 19.7 Å². The number of benzene rings is 3. The van der Waals surface area contributed by atoms with Crippen molar-refractivity contribution in [2.24, 2.45) is 4.99 Å². The number of carbonyl (C=O) groups is 1. The molecule has 0 radical (unpaired) electrons. The first-order valence-corrected chi connectivity index (χ1v) is 17.1. The highest BCUT2D eigenvalue weighted by molar-refractivity contribution is 7.99. The van der Waals surface area contributed by atoms with Crippen LogP contribution in [-0.2, 0) is 9.53 Å². The van der Waals surface area contributed by atoms with E-state index in [0.717, 1.165) is 23.1 Å². The third-order valence-electron chi connectivity index (χ3n) is 7.33. The van der Waals surface area contributed by atoms with Crippen LogP contribution in [-0.4, -0.2) is 44.4 Å². The molecule has 3 aromatic carbocycles. The first kappa shape index (κ1) is 34.4. The van der Waals surface area contributed by atoms with E-state index in [1.807, 2.05) is 0 Å². The van der Waals surface area contributed by atoms with Gasteiger partial charge in [0.25, 0.3) is 11.2 Å². The average molecular weight is 758 g/mol. The second-order valence-corrected chi connectivity index (χ2v) is 13.7. The molecule has 2 aromatic heterocycles. The van der Waals surface area contributed by atoms with Crippen molar-refractivity contribution in [2.45, 2.75) is 29.9 Å². The Morgan fingerprint density at radius 1 is 1.14 bits per heavy atom. The molecule has 250 valence electrons. The summed E-state index contributed by atoms with van der Waals surface area (Å²) in [6.45, 7) is 3.45. The second kappa shape index (κ2) is 14.2. The van der Waals surface area contributed by atoms with Crippen LogP contribution < -0.4 is 19.6 Å². The van der Waals surface area contributed by atoms with Crippen molar-refractivity contribution < 1.29 is 19.2 Å². The summed E-state index contributed by atoms with van der Waals surface area (Å²) < 4.78 is 12.6. The van der Waals surface area contributed by atoms with Gasteiger partial charge in [-0.2, -0.15) is 0 Å². The number of carbonyl (C=O) groups excluding carboxylic acids is 1. The number of aromatic nitrogens is 4. The largest absolute Gasteiger partial charge is 0.496 e. The molecule has 0 saturated carbocycles. The van der Waals surface area contributed by atoms with Crippen molar-refractivity contribution in [3.8, 4) is 17.1 Å². The molecule has 1 N–H and O–H groups in total. The lowest BCUT2D eigenvalue weighted by Crippen LogP contribution is -2.40. The number of allylic oxidation sites excluding steroid dienone is 1. The molecule has 5 aromatic rings. The summed E-state index contributed by atoms with van der Waals surface area (Å²) >= 11 is 20.7. The summed E-state index contributed by atoms with van der Waals surface area (Å²) in [5.41, 5.74) is 1.26. The van der Waals surface area contributed by atoms with Gasteiger partial charge in [-0.05, 0) is 79.7 Å². The van der Waals surface area contributed by atoms with Gasteiger partial charge in [-0.3, -0.25) is 24.6 Å². The van der Waals surface area contributed by atoms with E-state index in [0.29, 0.717) is 53.8 Å². The molecule has 12 nitrogen and oxygen atoms in total. The Bertz CT molecular complexity index is 2370. The SMILES string of the molecule is CCOC(=O)C1=C(C)N=c2s/c(=C\c3ccc(Sc4n[nH]c(-c5ccc(Cl)cc5Cl)n4)c([N+](=O)[O-])c3)c(=O)n2[C@@H]1c1cc(Cl)ccc1OC. The number of thiazole rings is 1. The zero-order valence-corrected chi connectivity index (χ0v) is 29.6. The van der Waals surface area contributed by atoms with Crippen molar-refractivity contribution in [2.75, 3.05) is 13.7 Å². The first-order chi connectivity index (χ1) is 23.5. The summed E-state index contributed by atoms with van der Waals surface area (Å²) in [4.78, 5) is 48.5. The molecular weight excluding hydrogens is 735 g/mol. The number of nitro benzene ring substituents is 1. The zero-order valence-electron chi connectivity index (χ0n) is 25.7. The fourth-order valence-corrected chi connectivity index (χ4v) is 7.73. The zero-order chi connectivity index (χ0) is 35.0. The predicted octanol–water partition coefficient (Wildman–Crippen LogP) is 6.61. The number of aromatic amines is 1. The topological polar surface area (TPSA) is 155 Å². The van der Waals surface area contributed by atoms with Crippen molar-refractivity contribution >= 4 is 75.6 Å². The van der Waals surface area contributed by atoms with E-state index in [2.05, 4.69) is 20.2 Å². The average Bonchev–Trinajstić information content (AvgIpc) is 3.64. The Labute approximate surface area is 300 Å². The quantitative estimate of drug-likeness (QED) is 0.0994. The molecule has 0 bridgehead atoms. The molecule has 3 heterocycles. The van der Waals surface area contributed by atoms with Gasteiger partial charge in [0.15, 0.2) is 10.6 Å². The minimum absolute atomic E-state index is 0.112. The summed E-state index contributed by atoms with van der Waals surface area (Å²) in [6.07, 6.45) is 1.54. The number of nitro groups is 1. The van der Waals surface area contributed by atoms with Gasteiger partial charge in [-0.1, -0.05) is 52.2 Å². The van der Waals surface area contributed by atoms with Gasteiger partial charge in [-0.15, -0.1) is 5.10 Å². The lowest BCUT2D eigenvalue weighted by Gasteiger charge is -2.26. The number of fused-ring (bicyclic) bond motifs is 1. The summed E-state index contributed by atoms with van der Waals surface area (Å²) in [7, 11) is 1.47. The number of rotatable bonds is 9. The van der Waals surface area contributed by atoms with Crippen molar-refractivity contribution in [3.05, 3.63) is 122 Å².